The molecule has 19 heavy (non-hydrogen) atoms. The van der Waals surface area contributed by atoms with E-state index in [0.717, 1.165) is 25.2 Å². The second-order valence-corrected chi connectivity index (χ2v) is 6.80. The zero-order valence-electron chi connectivity index (χ0n) is 11.7. The van der Waals surface area contributed by atoms with Crippen molar-refractivity contribution in [3.63, 3.8) is 0 Å². The Balaban J connectivity index is 1.69. The number of carbonyl (C=O) groups is 2. The Hall–Kier alpha value is -1.06. The van der Waals surface area contributed by atoms with Crippen molar-refractivity contribution in [1.29, 1.82) is 0 Å². The van der Waals surface area contributed by atoms with Gasteiger partial charge in [0.15, 0.2) is 0 Å². The first-order valence-electron chi connectivity index (χ1n) is 7.66. The maximum absolute atomic E-state index is 12.7. The van der Waals surface area contributed by atoms with Crippen LogP contribution in [0.25, 0.3) is 0 Å². The van der Waals surface area contributed by atoms with Gasteiger partial charge in [-0.25, -0.2) is 0 Å². The van der Waals surface area contributed by atoms with Crippen LogP contribution in [0.5, 0.6) is 0 Å². The lowest BCUT2D eigenvalue weighted by Gasteiger charge is -2.39. The number of likely N-dealkylation sites (tertiary alicyclic amines) is 1. The molecule has 2 aliphatic carbocycles. The molecule has 5 unspecified atom stereocenters. The average Bonchev–Trinajstić information content (AvgIpc) is 3.00. The van der Waals surface area contributed by atoms with Crippen LogP contribution in [0.4, 0.5) is 0 Å². The third-order valence-electron chi connectivity index (χ3n) is 5.62. The molecule has 2 bridgehead atoms. The van der Waals surface area contributed by atoms with Crippen molar-refractivity contribution in [3.05, 3.63) is 0 Å². The van der Waals surface area contributed by atoms with Crippen molar-refractivity contribution >= 4 is 11.8 Å². The fourth-order valence-corrected chi connectivity index (χ4v) is 4.41. The monoisotopic (exact) mass is 264 g/mol. The zero-order chi connectivity index (χ0) is 13.6. The number of rotatable bonds is 2. The zero-order valence-corrected chi connectivity index (χ0v) is 11.7. The summed E-state index contributed by atoms with van der Waals surface area (Å²) in [5.41, 5.74) is 5.41. The normalized spacial score (nSPS) is 41.5. The molecular formula is C15H24N2O2. The first-order chi connectivity index (χ1) is 9.06. The summed E-state index contributed by atoms with van der Waals surface area (Å²) in [7, 11) is 0. The van der Waals surface area contributed by atoms with E-state index >= 15 is 0 Å². The van der Waals surface area contributed by atoms with Crippen LogP contribution in [-0.2, 0) is 9.59 Å². The van der Waals surface area contributed by atoms with E-state index in [0.29, 0.717) is 18.4 Å². The van der Waals surface area contributed by atoms with E-state index in [9.17, 15) is 9.59 Å². The van der Waals surface area contributed by atoms with Crippen molar-refractivity contribution in [3.8, 4) is 0 Å². The lowest BCUT2D eigenvalue weighted by Crippen LogP contribution is -2.51. The van der Waals surface area contributed by atoms with Gasteiger partial charge in [0.05, 0.1) is 5.92 Å². The molecule has 3 rings (SSSR count). The van der Waals surface area contributed by atoms with E-state index in [1.165, 1.54) is 19.3 Å². The number of piperidine rings is 1. The summed E-state index contributed by atoms with van der Waals surface area (Å²) in [5, 5.41) is 0. The second kappa shape index (κ2) is 4.80. The van der Waals surface area contributed by atoms with E-state index in [-0.39, 0.29) is 23.8 Å². The van der Waals surface area contributed by atoms with Crippen LogP contribution in [0.2, 0.25) is 0 Å². The van der Waals surface area contributed by atoms with Crippen LogP contribution in [-0.4, -0.2) is 29.3 Å². The summed E-state index contributed by atoms with van der Waals surface area (Å²) in [6.07, 6.45) is 6.60. The van der Waals surface area contributed by atoms with E-state index in [1.807, 2.05) is 4.90 Å². The highest BCUT2D eigenvalue weighted by molar-refractivity contribution is 5.82. The van der Waals surface area contributed by atoms with E-state index in [1.54, 1.807) is 0 Å². The smallest absolute Gasteiger partial charge is 0.226 e. The summed E-state index contributed by atoms with van der Waals surface area (Å²) in [5.74, 6) is 1.53. The molecule has 0 spiro atoms. The minimum absolute atomic E-state index is 0.140. The first kappa shape index (κ1) is 12.9. The Bertz CT molecular complexity index is 396. The lowest BCUT2D eigenvalue weighted by atomic mass is 9.85. The minimum Gasteiger partial charge on any atom is -0.369 e. The van der Waals surface area contributed by atoms with Gasteiger partial charge in [0.1, 0.15) is 0 Å². The van der Waals surface area contributed by atoms with Crippen LogP contribution in [0.3, 0.4) is 0 Å². The number of amides is 2. The molecule has 0 aromatic heterocycles. The molecule has 4 heteroatoms. The van der Waals surface area contributed by atoms with Crippen LogP contribution in [0, 0.1) is 23.7 Å². The quantitative estimate of drug-likeness (QED) is 0.822. The summed E-state index contributed by atoms with van der Waals surface area (Å²) in [4.78, 5) is 26.1. The van der Waals surface area contributed by atoms with Gasteiger partial charge in [0, 0.05) is 18.5 Å². The molecule has 0 aromatic rings. The Morgan fingerprint density at radius 3 is 2.47 bits per heavy atom. The Morgan fingerprint density at radius 1 is 1.11 bits per heavy atom. The average molecular weight is 264 g/mol. The van der Waals surface area contributed by atoms with Gasteiger partial charge in [-0.1, -0.05) is 6.42 Å². The minimum atomic E-state index is -0.252. The van der Waals surface area contributed by atoms with Gasteiger partial charge in [0.25, 0.3) is 0 Å². The Kier molecular flexibility index (Phi) is 3.27. The first-order valence-corrected chi connectivity index (χ1v) is 7.66. The van der Waals surface area contributed by atoms with Crippen molar-refractivity contribution in [2.75, 3.05) is 6.54 Å². The van der Waals surface area contributed by atoms with Crippen molar-refractivity contribution in [1.82, 2.24) is 4.90 Å². The van der Waals surface area contributed by atoms with Crippen LogP contribution in [0.1, 0.15) is 45.4 Å². The summed E-state index contributed by atoms with van der Waals surface area (Å²) in [6.45, 7) is 2.64. The van der Waals surface area contributed by atoms with Crippen molar-refractivity contribution in [2.24, 2.45) is 29.4 Å². The second-order valence-electron chi connectivity index (χ2n) is 6.80. The Labute approximate surface area is 114 Å². The maximum atomic E-state index is 12.7. The molecule has 1 heterocycles. The molecule has 3 aliphatic rings. The number of hydrogen-bond acceptors (Lipinski definition) is 2. The van der Waals surface area contributed by atoms with Gasteiger partial charge in [-0.3, -0.25) is 9.59 Å². The highest BCUT2D eigenvalue weighted by Crippen LogP contribution is 2.49. The highest BCUT2D eigenvalue weighted by atomic mass is 16.2. The molecule has 5 atom stereocenters. The molecule has 0 radical (unpaired) electrons. The van der Waals surface area contributed by atoms with E-state index in [2.05, 4.69) is 6.92 Å². The summed E-state index contributed by atoms with van der Waals surface area (Å²) >= 11 is 0. The number of nitrogens with two attached hydrogens (primary N) is 1. The predicted molar refractivity (Wildman–Crippen MR) is 72.0 cm³/mol. The Morgan fingerprint density at radius 2 is 1.89 bits per heavy atom. The van der Waals surface area contributed by atoms with Gasteiger partial charge in [-0.2, -0.15) is 0 Å². The molecule has 4 nitrogen and oxygen atoms in total. The molecule has 1 saturated heterocycles. The molecule has 2 amide bonds. The van der Waals surface area contributed by atoms with Crippen LogP contribution >= 0.6 is 0 Å². The molecule has 0 aromatic carbocycles. The maximum Gasteiger partial charge on any atom is 0.226 e. The summed E-state index contributed by atoms with van der Waals surface area (Å²) in [6, 6.07) is 0.266. The topological polar surface area (TPSA) is 63.4 Å². The van der Waals surface area contributed by atoms with Gasteiger partial charge in [-0.05, 0) is 50.9 Å². The largest absolute Gasteiger partial charge is 0.369 e. The molecule has 3 fully saturated rings. The SMILES string of the molecule is CC1CCC(C(N)=O)CN1C(=O)C1CC2CCC1C2. The van der Waals surface area contributed by atoms with Gasteiger partial charge in [-0.15, -0.1) is 0 Å². The van der Waals surface area contributed by atoms with Gasteiger partial charge < -0.3 is 10.6 Å². The van der Waals surface area contributed by atoms with Crippen molar-refractivity contribution < 1.29 is 9.59 Å². The standard InChI is InChI=1S/C15H24N2O2/c1-9-2-4-12(14(16)18)8-17(9)15(19)13-7-10-3-5-11(13)6-10/h9-13H,2-8H2,1H3,(H2,16,18). The van der Waals surface area contributed by atoms with Crippen LogP contribution in [0.15, 0.2) is 0 Å². The highest BCUT2D eigenvalue weighted by Gasteiger charge is 2.46. The fourth-order valence-electron chi connectivity index (χ4n) is 4.41. The number of fused-ring (bicyclic) bond motifs is 2. The van der Waals surface area contributed by atoms with Gasteiger partial charge in [0.2, 0.25) is 11.8 Å². The number of nitrogens with zero attached hydrogens (tertiary/aromatic N) is 1. The third-order valence-corrected chi connectivity index (χ3v) is 5.62. The molecule has 106 valence electrons. The number of carbonyl (C=O) groups excluding carboxylic acids is 2. The van der Waals surface area contributed by atoms with Gasteiger partial charge >= 0.3 is 0 Å². The number of hydrogen-bond donors (Lipinski definition) is 1. The molecule has 2 saturated carbocycles. The number of primary amides is 1. The van der Waals surface area contributed by atoms with Crippen LogP contribution < -0.4 is 5.73 Å². The van der Waals surface area contributed by atoms with E-state index in [4.69, 9.17) is 5.73 Å². The molecular weight excluding hydrogens is 240 g/mol. The predicted octanol–water partition coefficient (Wildman–Crippen LogP) is 1.53. The summed E-state index contributed by atoms with van der Waals surface area (Å²) < 4.78 is 0. The van der Waals surface area contributed by atoms with E-state index < -0.39 is 0 Å². The lowest BCUT2D eigenvalue weighted by molar-refractivity contribution is -0.143. The third kappa shape index (κ3) is 2.26. The molecule has 2 N–H and O–H groups in total. The molecule has 1 aliphatic heterocycles. The fraction of sp³-hybridized carbons (Fsp3) is 0.867. The van der Waals surface area contributed by atoms with Crippen molar-refractivity contribution in [2.45, 2.75) is 51.5 Å².